The molecule has 31 heavy (non-hydrogen) atoms. The molecule has 5 nitrogen and oxygen atoms in total. The predicted molar refractivity (Wildman–Crippen MR) is 122 cm³/mol. The zero-order valence-corrected chi connectivity index (χ0v) is 18.2. The van der Waals surface area contributed by atoms with Crippen LogP contribution in [0.3, 0.4) is 0 Å². The summed E-state index contributed by atoms with van der Waals surface area (Å²) in [4.78, 5) is 0.146. The van der Waals surface area contributed by atoms with Crippen molar-refractivity contribution in [2.24, 2.45) is 0 Å². The average molecular weight is 433 g/mol. The molecular weight excluding hydrogens is 408 g/mol. The molecule has 0 aromatic heterocycles. The lowest BCUT2D eigenvalue weighted by molar-refractivity contribution is 0.406. The summed E-state index contributed by atoms with van der Waals surface area (Å²) in [5.41, 5.74) is 2.48. The summed E-state index contributed by atoms with van der Waals surface area (Å²) in [6.07, 6.45) is 3.52. The summed E-state index contributed by atoms with van der Waals surface area (Å²) >= 11 is 0. The fourth-order valence-electron chi connectivity index (χ4n) is 3.23. The lowest BCUT2D eigenvalue weighted by Crippen LogP contribution is -2.37. The summed E-state index contributed by atoms with van der Waals surface area (Å²) in [5, 5.41) is 10.00. The van der Waals surface area contributed by atoms with E-state index in [1.54, 1.807) is 48.5 Å². The maximum absolute atomic E-state index is 13.1. The van der Waals surface area contributed by atoms with Crippen LogP contribution in [-0.2, 0) is 10.0 Å². The van der Waals surface area contributed by atoms with Crippen LogP contribution < -0.4 is 9.46 Å². The fraction of sp³-hybridized carbons (Fsp3) is 0.160. The number of sulfonamides is 1. The van der Waals surface area contributed by atoms with E-state index in [2.05, 4.69) is 10.8 Å². The molecule has 0 amide bonds. The lowest BCUT2D eigenvalue weighted by atomic mass is 9.92. The number of rotatable bonds is 8. The number of benzene rings is 3. The molecule has 158 valence electrons. The number of aryl methyl sites for hydroxylation is 1. The van der Waals surface area contributed by atoms with Crippen LogP contribution >= 0.6 is 0 Å². The van der Waals surface area contributed by atoms with Gasteiger partial charge in [0.05, 0.1) is 30.0 Å². The largest absolute Gasteiger partial charge is 0.496 e. The van der Waals surface area contributed by atoms with E-state index in [9.17, 15) is 13.7 Å². The Morgan fingerprint density at radius 1 is 0.968 bits per heavy atom. The van der Waals surface area contributed by atoms with Crippen LogP contribution in [0.2, 0.25) is 0 Å². The molecule has 0 aliphatic heterocycles. The van der Waals surface area contributed by atoms with E-state index in [4.69, 9.17) is 4.74 Å². The molecule has 2 atom stereocenters. The van der Waals surface area contributed by atoms with Crippen molar-refractivity contribution in [1.29, 1.82) is 5.26 Å². The highest BCUT2D eigenvalue weighted by Crippen LogP contribution is 2.30. The van der Waals surface area contributed by atoms with Gasteiger partial charge >= 0.3 is 0 Å². The first-order valence-corrected chi connectivity index (χ1v) is 11.3. The van der Waals surface area contributed by atoms with E-state index in [0.717, 1.165) is 11.1 Å². The van der Waals surface area contributed by atoms with Gasteiger partial charge in [0.25, 0.3) is 0 Å². The molecule has 0 heterocycles. The molecule has 3 aromatic carbocycles. The first kappa shape index (κ1) is 22.3. The molecule has 6 heteroatoms. The van der Waals surface area contributed by atoms with Gasteiger partial charge in [0.2, 0.25) is 10.0 Å². The summed E-state index contributed by atoms with van der Waals surface area (Å²) < 4.78 is 34.3. The van der Waals surface area contributed by atoms with E-state index in [1.165, 1.54) is 7.11 Å². The minimum Gasteiger partial charge on any atom is -0.496 e. The van der Waals surface area contributed by atoms with Gasteiger partial charge in [-0.2, -0.15) is 5.26 Å². The van der Waals surface area contributed by atoms with E-state index in [-0.39, 0.29) is 4.90 Å². The van der Waals surface area contributed by atoms with Gasteiger partial charge < -0.3 is 4.74 Å². The van der Waals surface area contributed by atoms with Gasteiger partial charge in [-0.05, 0) is 30.7 Å². The molecule has 0 radical (unpaired) electrons. The number of nitrogens with zero attached hydrogens (tertiary/aromatic N) is 1. The third-order valence-electron chi connectivity index (χ3n) is 4.89. The second kappa shape index (κ2) is 10.1. The van der Waals surface area contributed by atoms with Gasteiger partial charge in [-0.1, -0.05) is 78.4 Å². The number of hydrogen-bond acceptors (Lipinski definition) is 4. The number of nitriles is 1. The smallest absolute Gasteiger partial charge is 0.241 e. The van der Waals surface area contributed by atoms with Crippen molar-refractivity contribution in [2.45, 2.75) is 23.8 Å². The quantitative estimate of drug-likeness (QED) is 0.561. The Labute approximate surface area is 183 Å². The van der Waals surface area contributed by atoms with Crippen LogP contribution in [0.25, 0.3) is 6.08 Å². The second-order valence-electron chi connectivity index (χ2n) is 7.08. The van der Waals surface area contributed by atoms with E-state index in [1.807, 2.05) is 49.4 Å². The van der Waals surface area contributed by atoms with Gasteiger partial charge in [0.15, 0.2) is 0 Å². The van der Waals surface area contributed by atoms with Crippen molar-refractivity contribution in [3.05, 3.63) is 102 Å². The van der Waals surface area contributed by atoms with Gasteiger partial charge in [0.1, 0.15) is 5.75 Å². The maximum atomic E-state index is 13.1. The Bertz CT molecular complexity index is 1180. The van der Waals surface area contributed by atoms with Gasteiger partial charge in [0, 0.05) is 5.56 Å². The van der Waals surface area contributed by atoms with Crippen LogP contribution in [0.1, 0.15) is 22.6 Å². The molecule has 0 spiro atoms. The third kappa shape index (κ3) is 5.60. The topological polar surface area (TPSA) is 79.2 Å². The first-order valence-electron chi connectivity index (χ1n) is 9.79. The van der Waals surface area contributed by atoms with Gasteiger partial charge in [-0.15, -0.1) is 0 Å². The SMILES string of the molecule is COc1ccccc1[C@@H](C#N)[C@H](/C=C/c1ccccc1)NS(=O)(=O)c1ccc(C)cc1. The zero-order chi connectivity index (χ0) is 22.3. The monoisotopic (exact) mass is 432 g/mol. The van der Waals surface area contributed by atoms with Crippen molar-refractivity contribution in [3.8, 4) is 11.8 Å². The number of methoxy groups -OCH3 is 1. The highest BCUT2D eigenvalue weighted by molar-refractivity contribution is 7.89. The Balaban J connectivity index is 2.02. The van der Waals surface area contributed by atoms with Crippen molar-refractivity contribution in [2.75, 3.05) is 7.11 Å². The lowest BCUT2D eigenvalue weighted by Gasteiger charge is -2.22. The van der Waals surface area contributed by atoms with Crippen molar-refractivity contribution in [1.82, 2.24) is 4.72 Å². The number of nitrogens with one attached hydrogen (secondary N) is 1. The Kier molecular flexibility index (Phi) is 7.24. The van der Waals surface area contributed by atoms with E-state index in [0.29, 0.717) is 11.3 Å². The Morgan fingerprint density at radius 3 is 2.26 bits per heavy atom. The molecule has 0 saturated heterocycles. The molecule has 0 saturated carbocycles. The standard InChI is InChI=1S/C25H24N2O3S/c1-19-12-15-21(16-13-19)31(28,29)27-24(17-14-20-8-4-3-5-9-20)23(18-26)22-10-6-7-11-25(22)30-2/h3-17,23-24,27H,1-2H3/b17-14+/t23-,24+/m1/s1. The molecular formula is C25H24N2O3S. The first-order chi connectivity index (χ1) is 14.9. The van der Waals surface area contributed by atoms with Crippen molar-refractivity contribution >= 4 is 16.1 Å². The van der Waals surface area contributed by atoms with E-state index >= 15 is 0 Å². The minimum atomic E-state index is -3.86. The summed E-state index contributed by atoms with van der Waals surface area (Å²) in [6, 6.07) is 24.7. The van der Waals surface area contributed by atoms with Crippen LogP contribution in [0.4, 0.5) is 0 Å². The molecule has 0 fully saturated rings. The summed E-state index contributed by atoms with van der Waals surface area (Å²) in [6.45, 7) is 1.89. The Hall–Kier alpha value is -3.40. The second-order valence-corrected chi connectivity index (χ2v) is 8.79. The van der Waals surface area contributed by atoms with Gasteiger partial charge in [-0.25, -0.2) is 13.1 Å². The molecule has 3 aromatic rings. The van der Waals surface area contributed by atoms with Crippen molar-refractivity contribution in [3.63, 3.8) is 0 Å². The number of ether oxygens (including phenoxy) is 1. The molecule has 0 unspecified atom stereocenters. The maximum Gasteiger partial charge on any atom is 0.241 e. The Morgan fingerprint density at radius 2 is 1.61 bits per heavy atom. The average Bonchev–Trinajstić information content (AvgIpc) is 2.79. The number of para-hydroxylation sites is 1. The van der Waals surface area contributed by atoms with Crippen LogP contribution in [0, 0.1) is 18.3 Å². The molecule has 0 aliphatic rings. The predicted octanol–water partition coefficient (Wildman–Crippen LogP) is 4.67. The normalized spacial score (nSPS) is 13.5. The summed E-state index contributed by atoms with van der Waals surface area (Å²) in [7, 11) is -2.33. The molecule has 3 rings (SSSR count). The van der Waals surface area contributed by atoms with Crippen LogP contribution in [-0.4, -0.2) is 21.6 Å². The third-order valence-corrected chi connectivity index (χ3v) is 6.37. The molecule has 0 bridgehead atoms. The molecule has 1 N–H and O–H groups in total. The van der Waals surface area contributed by atoms with Crippen molar-refractivity contribution < 1.29 is 13.2 Å². The highest BCUT2D eigenvalue weighted by atomic mass is 32.2. The number of hydrogen-bond donors (Lipinski definition) is 1. The van der Waals surface area contributed by atoms with Crippen LogP contribution in [0.15, 0.2) is 89.8 Å². The minimum absolute atomic E-state index is 0.146. The highest BCUT2D eigenvalue weighted by Gasteiger charge is 2.28. The fourth-order valence-corrected chi connectivity index (χ4v) is 4.43. The van der Waals surface area contributed by atoms with Crippen LogP contribution in [0.5, 0.6) is 5.75 Å². The van der Waals surface area contributed by atoms with Gasteiger partial charge in [-0.3, -0.25) is 0 Å². The summed E-state index contributed by atoms with van der Waals surface area (Å²) in [5.74, 6) is -0.266. The molecule has 0 aliphatic carbocycles. The van der Waals surface area contributed by atoms with E-state index < -0.39 is 22.0 Å². The zero-order valence-electron chi connectivity index (χ0n) is 17.4.